The maximum absolute atomic E-state index is 13.1. The molecule has 0 radical (unpaired) electrons. The molecule has 2 aliphatic rings. The summed E-state index contributed by atoms with van der Waals surface area (Å²) < 4.78 is 12.0. The zero-order valence-corrected chi connectivity index (χ0v) is 23.5. The number of aliphatic hydroxyl groups excluding tert-OH is 1. The molecule has 8 heteroatoms. The van der Waals surface area contributed by atoms with Crippen LogP contribution >= 0.6 is 0 Å². The number of aryl methyl sites for hydroxylation is 2. The largest absolute Gasteiger partial charge is 0.488 e. The molecule has 2 aromatic heterocycles. The number of hydrogen-bond donors (Lipinski definition) is 3. The van der Waals surface area contributed by atoms with E-state index in [0.717, 1.165) is 98.1 Å². The number of amides is 1. The second-order valence-electron chi connectivity index (χ2n) is 11.5. The van der Waals surface area contributed by atoms with E-state index < -0.39 is 0 Å². The lowest BCUT2D eigenvalue weighted by Crippen LogP contribution is -2.47. The Morgan fingerprint density at radius 2 is 1.70 bits per heavy atom. The van der Waals surface area contributed by atoms with Crippen molar-refractivity contribution in [2.75, 3.05) is 39.3 Å². The fourth-order valence-electron chi connectivity index (χ4n) is 5.97. The fourth-order valence-corrected chi connectivity index (χ4v) is 5.97. The SMILES string of the molecule is Cc1cc2occ(COc3cccc4[nH]c(C(=O)NC5CCN(CCN6CCC(O)CC6)CC5)cc34)c2cc1C. The summed E-state index contributed by atoms with van der Waals surface area (Å²) >= 11 is 0. The van der Waals surface area contributed by atoms with Gasteiger partial charge in [0.05, 0.1) is 12.4 Å². The van der Waals surface area contributed by atoms with E-state index in [9.17, 15) is 9.90 Å². The van der Waals surface area contributed by atoms with Crippen LogP contribution in [0.5, 0.6) is 5.75 Å². The van der Waals surface area contributed by atoms with Gasteiger partial charge in [0.25, 0.3) is 5.91 Å². The first-order valence-electron chi connectivity index (χ1n) is 14.6. The molecular weight excluding hydrogens is 504 g/mol. The van der Waals surface area contributed by atoms with Crippen LogP contribution in [0.2, 0.25) is 0 Å². The number of aromatic nitrogens is 1. The molecule has 0 saturated carbocycles. The van der Waals surface area contributed by atoms with Crippen LogP contribution in [0.4, 0.5) is 0 Å². The number of rotatable bonds is 8. The Labute approximate surface area is 235 Å². The lowest BCUT2D eigenvalue weighted by atomic mass is 10.0. The summed E-state index contributed by atoms with van der Waals surface area (Å²) in [5.41, 5.74) is 5.74. The van der Waals surface area contributed by atoms with Crippen LogP contribution in [0.3, 0.4) is 0 Å². The van der Waals surface area contributed by atoms with Crippen molar-refractivity contribution in [3.63, 3.8) is 0 Å². The van der Waals surface area contributed by atoms with E-state index in [4.69, 9.17) is 9.15 Å². The number of piperidine rings is 2. The van der Waals surface area contributed by atoms with Crippen molar-refractivity contribution < 1.29 is 19.1 Å². The molecule has 2 saturated heterocycles. The highest BCUT2D eigenvalue weighted by molar-refractivity contribution is 5.99. The van der Waals surface area contributed by atoms with E-state index in [2.05, 4.69) is 46.1 Å². The second-order valence-corrected chi connectivity index (χ2v) is 11.5. The third kappa shape index (κ3) is 5.89. The molecule has 4 heterocycles. The smallest absolute Gasteiger partial charge is 0.267 e. The number of fused-ring (bicyclic) bond motifs is 2. The molecule has 0 bridgehead atoms. The van der Waals surface area contributed by atoms with E-state index in [1.807, 2.05) is 24.3 Å². The van der Waals surface area contributed by atoms with Crippen LogP contribution < -0.4 is 10.1 Å². The van der Waals surface area contributed by atoms with Gasteiger partial charge in [-0.2, -0.15) is 0 Å². The van der Waals surface area contributed by atoms with Crippen molar-refractivity contribution >= 4 is 27.8 Å². The number of carbonyl (C=O) groups excluding carboxylic acids is 1. The predicted octanol–water partition coefficient (Wildman–Crippen LogP) is 4.76. The molecule has 2 aliphatic heterocycles. The second kappa shape index (κ2) is 11.6. The Balaban J connectivity index is 1.03. The molecule has 3 N–H and O–H groups in total. The van der Waals surface area contributed by atoms with E-state index in [-0.39, 0.29) is 18.1 Å². The topological polar surface area (TPSA) is 94.0 Å². The number of aromatic amines is 1. The van der Waals surface area contributed by atoms with Gasteiger partial charge in [0, 0.05) is 67.2 Å². The number of nitrogens with one attached hydrogen (secondary N) is 2. The number of aliphatic hydroxyl groups is 1. The van der Waals surface area contributed by atoms with Crippen molar-refractivity contribution in [3.05, 3.63) is 65.0 Å². The summed E-state index contributed by atoms with van der Waals surface area (Å²) in [5.74, 6) is 0.668. The van der Waals surface area contributed by atoms with E-state index in [1.165, 1.54) is 11.1 Å². The Hall–Kier alpha value is -3.33. The van der Waals surface area contributed by atoms with E-state index >= 15 is 0 Å². The third-order valence-electron chi connectivity index (χ3n) is 8.73. The molecule has 1 amide bonds. The molecule has 212 valence electrons. The highest BCUT2D eigenvalue weighted by Gasteiger charge is 2.23. The van der Waals surface area contributed by atoms with Gasteiger partial charge in [-0.25, -0.2) is 0 Å². The summed E-state index contributed by atoms with van der Waals surface area (Å²) in [4.78, 5) is 21.4. The fraction of sp³-hybridized carbons (Fsp3) is 0.469. The minimum Gasteiger partial charge on any atom is -0.488 e. The van der Waals surface area contributed by atoms with Crippen LogP contribution in [-0.2, 0) is 6.61 Å². The molecular formula is C32H40N4O4. The number of furan rings is 1. The molecule has 0 aliphatic carbocycles. The van der Waals surface area contributed by atoms with Gasteiger partial charge in [0.2, 0.25) is 0 Å². The summed E-state index contributed by atoms with van der Waals surface area (Å²) in [6.45, 7) is 10.7. The number of hydrogen-bond acceptors (Lipinski definition) is 6. The van der Waals surface area contributed by atoms with Gasteiger partial charge in [0.1, 0.15) is 23.6 Å². The first kappa shape index (κ1) is 26.9. The normalized spacial score (nSPS) is 18.1. The molecule has 6 rings (SSSR count). The quantitative estimate of drug-likeness (QED) is 0.296. The van der Waals surface area contributed by atoms with Crippen LogP contribution in [0.25, 0.3) is 21.9 Å². The zero-order valence-electron chi connectivity index (χ0n) is 23.5. The zero-order chi connectivity index (χ0) is 27.6. The minimum atomic E-state index is -0.122. The number of nitrogens with zero attached hydrogens (tertiary/aromatic N) is 2. The first-order valence-corrected chi connectivity index (χ1v) is 14.6. The molecule has 0 unspecified atom stereocenters. The van der Waals surface area contributed by atoms with Gasteiger partial charge in [-0.15, -0.1) is 0 Å². The molecule has 8 nitrogen and oxygen atoms in total. The number of benzene rings is 2. The number of carbonyl (C=O) groups is 1. The number of ether oxygens (including phenoxy) is 1. The maximum atomic E-state index is 13.1. The molecule has 0 spiro atoms. The highest BCUT2D eigenvalue weighted by Crippen LogP contribution is 2.30. The van der Waals surface area contributed by atoms with Crippen molar-refractivity contribution in [1.29, 1.82) is 0 Å². The maximum Gasteiger partial charge on any atom is 0.267 e. The van der Waals surface area contributed by atoms with Gasteiger partial charge in [-0.1, -0.05) is 6.07 Å². The lowest BCUT2D eigenvalue weighted by Gasteiger charge is -2.35. The molecule has 40 heavy (non-hydrogen) atoms. The summed E-state index contributed by atoms with van der Waals surface area (Å²) in [6, 6.07) is 12.1. The third-order valence-corrected chi connectivity index (χ3v) is 8.73. The van der Waals surface area contributed by atoms with Gasteiger partial charge in [-0.3, -0.25) is 4.79 Å². The molecule has 2 aromatic carbocycles. The average molecular weight is 545 g/mol. The number of likely N-dealkylation sites (tertiary alicyclic amines) is 2. The van der Waals surface area contributed by atoms with Gasteiger partial charge in [-0.05, 0) is 81.0 Å². The lowest BCUT2D eigenvalue weighted by molar-refractivity contribution is 0.0729. The van der Waals surface area contributed by atoms with Gasteiger partial charge >= 0.3 is 0 Å². The molecule has 2 fully saturated rings. The minimum absolute atomic E-state index is 0.0702. The Bertz CT molecular complexity index is 1480. The monoisotopic (exact) mass is 544 g/mol. The summed E-state index contributed by atoms with van der Waals surface area (Å²) in [6.07, 6.45) is 5.33. The van der Waals surface area contributed by atoms with E-state index in [1.54, 1.807) is 6.26 Å². The van der Waals surface area contributed by atoms with Crippen molar-refractivity contribution in [2.24, 2.45) is 0 Å². The standard InChI is InChI=1S/C32H40N4O4/c1-21-16-26-23(20-40-31(26)17-22(21)2)19-39-30-5-3-4-28-27(30)18-29(34-28)32(38)33-24-6-10-35(11-7-24)14-15-36-12-8-25(37)9-13-36/h3-5,16-18,20,24-25,34,37H,6-15,19H2,1-2H3,(H,33,38). The van der Waals surface area contributed by atoms with Gasteiger partial charge < -0.3 is 34.4 Å². The average Bonchev–Trinajstić information content (AvgIpc) is 3.57. The van der Waals surface area contributed by atoms with Crippen molar-refractivity contribution in [2.45, 2.75) is 58.3 Å². The molecule has 4 aromatic rings. The highest BCUT2D eigenvalue weighted by atomic mass is 16.5. The Kier molecular flexibility index (Phi) is 7.82. The molecule has 0 atom stereocenters. The van der Waals surface area contributed by atoms with Gasteiger partial charge in [0.15, 0.2) is 0 Å². The van der Waals surface area contributed by atoms with Crippen LogP contribution in [0.15, 0.2) is 47.1 Å². The van der Waals surface area contributed by atoms with Crippen molar-refractivity contribution in [3.8, 4) is 5.75 Å². The van der Waals surface area contributed by atoms with Crippen LogP contribution in [0, 0.1) is 13.8 Å². The Morgan fingerprint density at radius 1 is 1.00 bits per heavy atom. The Morgan fingerprint density at radius 3 is 2.45 bits per heavy atom. The van der Waals surface area contributed by atoms with E-state index in [0.29, 0.717) is 12.3 Å². The van der Waals surface area contributed by atoms with Crippen LogP contribution in [-0.4, -0.2) is 77.2 Å². The number of H-pyrrole nitrogens is 1. The predicted molar refractivity (Wildman–Crippen MR) is 157 cm³/mol. The summed E-state index contributed by atoms with van der Waals surface area (Å²) in [7, 11) is 0. The van der Waals surface area contributed by atoms with Crippen LogP contribution in [0.1, 0.15) is 52.9 Å². The van der Waals surface area contributed by atoms with Crippen molar-refractivity contribution in [1.82, 2.24) is 20.1 Å². The first-order chi connectivity index (χ1) is 19.4. The summed E-state index contributed by atoms with van der Waals surface area (Å²) in [5, 5.41) is 14.9.